The third-order valence-corrected chi connectivity index (χ3v) is 4.72. The Kier molecular flexibility index (Phi) is 4.57. The van der Waals surface area contributed by atoms with Crippen molar-refractivity contribution in [1.29, 1.82) is 0 Å². The molecule has 128 valence electrons. The van der Waals surface area contributed by atoms with E-state index >= 15 is 0 Å². The first-order valence-corrected chi connectivity index (χ1v) is 8.35. The van der Waals surface area contributed by atoms with Crippen LogP contribution in [0.2, 0.25) is 0 Å². The molecule has 1 aliphatic heterocycles. The number of aliphatic hydroxyl groups excluding tert-OH is 1. The van der Waals surface area contributed by atoms with Gasteiger partial charge in [-0.15, -0.1) is 0 Å². The Hall–Kier alpha value is -2.34. The van der Waals surface area contributed by atoms with E-state index in [1.165, 1.54) is 6.20 Å². The van der Waals surface area contributed by atoms with Crippen LogP contribution in [-0.2, 0) is 6.42 Å². The third-order valence-electron chi connectivity index (χ3n) is 4.72. The summed E-state index contributed by atoms with van der Waals surface area (Å²) < 4.78 is 1.55. The lowest BCUT2D eigenvalue weighted by Crippen LogP contribution is -2.46. The van der Waals surface area contributed by atoms with Crippen LogP contribution in [0.4, 0.5) is 0 Å². The molecule has 1 fully saturated rings. The molecule has 1 aromatic heterocycles. The molecule has 0 saturated carbocycles. The summed E-state index contributed by atoms with van der Waals surface area (Å²) >= 11 is 0. The average molecular weight is 329 g/mol. The van der Waals surface area contributed by atoms with Crippen LogP contribution in [0.15, 0.2) is 30.5 Å². The number of aromatic nitrogens is 2. The Labute approximate surface area is 141 Å². The minimum atomic E-state index is -0.534. The lowest BCUT2D eigenvalue weighted by atomic mass is 9.96. The molecule has 2 N–H and O–H groups in total. The highest BCUT2D eigenvalue weighted by Gasteiger charge is 2.30. The number of β-amino-alcohol motifs (C(OH)–C–C–N with tert-alkyl or cyclic N) is 1. The van der Waals surface area contributed by atoms with Gasteiger partial charge >= 0.3 is 0 Å². The number of hydrogen-bond acceptors (Lipinski definition) is 4. The molecule has 2 heterocycles. The standard InChI is InChI=1S/C18H23N3O3/c1-3-13-6-4-5-7-14(13)21-11-16(23)17(19-21)18(24)20-9-8-12(2)15(22)10-20/h4-7,11-12,15,22-23H,3,8-10H2,1-2H3. The molecule has 0 aliphatic carbocycles. The van der Waals surface area contributed by atoms with Crippen molar-refractivity contribution in [3.05, 3.63) is 41.7 Å². The van der Waals surface area contributed by atoms with Crippen molar-refractivity contribution in [2.24, 2.45) is 5.92 Å². The number of para-hydroxylation sites is 1. The topological polar surface area (TPSA) is 78.6 Å². The maximum Gasteiger partial charge on any atom is 0.278 e. The summed E-state index contributed by atoms with van der Waals surface area (Å²) in [6.45, 7) is 4.86. The maximum atomic E-state index is 12.7. The monoisotopic (exact) mass is 329 g/mol. The number of hydrogen-bond donors (Lipinski definition) is 2. The summed E-state index contributed by atoms with van der Waals surface area (Å²) in [7, 11) is 0. The van der Waals surface area contributed by atoms with Gasteiger partial charge in [0.1, 0.15) is 0 Å². The van der Waals surface area contributed by atoms with E-state index in [-0.39, 0.29) is 29.8 Å². The smallest absolute Gasteiger partial charge is 0.278 e. The number of carbonyl (C=O) groups excluding carboxylic acids is 1. The number of nitrogens with zero attached hydrogens (tertiary/aromatic N) is 3. The van der Waals surface area contributed by atoms with Gasteiger partial charge in [0.15, 0.2) is 11.4 Å². The van der Waals surface area contributed by atoms with E-state index in [4.69, 9.17) is 0 Å². The second-order valence-electron chi connectivity index (χ2n) is 6.37. The highest BCUT2D eigenvalue weighted by Crippen LogP contribution is 2.24. The molecule has 1 amide bonds. The van der Waals surface area contributed by atoms with Crippen LogP contribution in [0, 0.1) is 5.92 Å². The summed E-state index contributed by atoms with van der Waals surface area (Å²) in [6.07, 6.45) is 2.50. The van der Waals surface area contributed by atoms with Crippen molar-refractivity contribution >= 4 is 5.91 Å². The van der Waals surface area contributed by atoms with Crippen LogP contribution in [0.1, 0.15) is 36.3 Å². The first-order chi connectivity index (χ1) is 11.5. The van der Waals surface area contributed by atoms with Crippen molar-refractivity contribution in [2.75, 3.05) is 13.1 Å². The number of piperidine rings is 1. The molecule has 2 atom stereocenters. The minimum absolute atomic E-state index is 0.0302. The van der Waals surface area contributed by atoms with E-state index in [2.05, 4.69) is 5.10 Å². The molecule has 1 aromatic carbocycles. The fraction of sp³-hybridized carbons (Fsp3) is 0.444. The van der Waals surface area contributed by atoms with Crippen molar-refractivity contribution in [3.8, 4) is 11.4 Å². The molecule has 0 spiro atoms. The van der Waals surface area contributed by atoms with E-state index in [0.29, 0.717) is 6.54 Å². The Morgan fingerprint density at radius 3 is 2.83 bits per heavy atom. The number of likely N-dealkylation sites (tertiary alicyclic amines) is 1. The Balaban J connectivity index is 1.88. The lowest BCUT2D eigenvalue weighted by Gasteiger charge is -2.33. The molecular weight excluding hydrogens is 306 g/mol. The number of aliphatic hydroxyl groups is 1. The van der Waals surface area contributed by atoms with Crippen LogP contribution in [-0.4, -0.2) is 50.0 Å². The fourth-order valence-corrected chi connectivity index (χ4v) is 3.06. The van der Waals surface area contributed by atoms with Crippen molar-refractivity contribution < 1.29 is 15.0 Å². The van der Waals surface area contributed by atoms with Gasteiger partial charge in [-0.05, 0) is 30.4 Å². The molecule has 3 rings (SSSR count). The Bertz CT molecular complexity index is 741. The Morgan fingerprint density at radius 2 is 2.12 bits per heavy atom. The number of aryl methyl sites for hydroxylation is 1. The van der Waals surface area contributed by atoms with Crippen LogP contribution in [0.25, 0.3) is 5.69 Å². The molecule has 2 unspecified atom stereocenters. The quantitative estimate of drug-likeness (QED) is 0.902. The molecule has 2 aromatic rings. The fourth-order valence-electron chi connectivity index (χ4n) is 3.06. The van der Waals surface area contributed by atoms with Gasteiger partial charge in [0.2, 0.25) is 0 Å². The summed E-state index contributed by atoms with van der Waals surface area (Å²) in [6, 6.07) is 7.76. The number of amides is 1. The van der Waals surface area contributed by atoms with Gasteiger partial charge < -0.3 is 15.1 Å². The molecule has 6 heteroatoms. The zero-order valence-electron chi connectivity index (χ0n) is 14.0. The second-order valence-corrected chi connectivity index (χ2v) is 6.37. The highest BCUT2D eigenvalue weighted by molar-refractivity contribution is 5.95. The predicted octanol–water partition coefficient (Wildman–Crippen LogP) is 1.98. The van der Waals surface area contributed by atoms with E-state index in [0.717, 1.165) is 24.1 Å². The first-order valence-electron chi connectivity index (χ1n) is 8.35. The first kappa shape index (κ1) is 16.5. The molecule has 24 heavy (non-hydrogen) atoms. The van der Waals surface area contributed by atoms with E-state index in [1.807, 2.05) is 38.1 Å². The lowest BCUT2D eigenvalue weighted by molar-refractivity contribution is 0.0243. The number of aromatic hydroxyl groups is 1. The SMILES string of the molecule is CCc1ccccc1-n1cc(O)c(C(=O)N2CCC(C)C(O)C2)n1. The summed E-state index contributed by atoms with van der Waals surface area (Å²) in [5, 5.41) is 24.5. The van der Waals surface area contributed by atoms with Gasteiger partial charge in [-0.1, -0.05) is 32.0 Å². The van der Waals surface area contributed by atoms with E-state index in [1.54, 1.807) is 9.58 Å². The highest BCUT2D eigenvalue weighted by atomic mass is 16.3. The van der Waals surface area contributed by atoms with Crippen molar-refractivity contribution in [1.82, 2.24) is 14.7 Å². The van der Waals surface area contributed by atoms with Crippen molar-refractivity contribution in [3.63, 3.8) is 0 Å². The van der Waals surface area contributed by atoms with E-state index in [9.17, 15) is 15.0 Å². The maximum absolute atomic E-state index is 12.7. The van der Waals surface area contributed by atoms with Gasteiger partial charge in [-0.25, -0.2) is 4.68 Å². The van der Waals surface area contributed by atoms with Gasteiger partial charge in [-0.2, -0.15) is 5.10 Å². The molecule has 0 radical (unpaired) electrons. The molecule has 1 saturated heterocycles. The van der Waals surface area contributed by atoms with Crippen molar-refractivity contribution in [2.45, 2.75) is 32.8 Å². The second kappa shape index (κ2) is 6.65. The van der Waals surface area contributed by atoms with Crippen LogP contribution >= 0.6 is 0 Å². The summed E-state index contributed by atoms with van der Waals surface area (Å²) in [4.78, 5) is 14.2. The van der Waals surface area contributed by atoms with Gasteiger partial charge in [0, 0.05) is 13.1 Å². The number of carbonyl (C=O) groups is 1. The molecule has 0 bridgehead atoms. The zero-order valence-corrected chi connectivity index (χ0v) is 14.0. The predicted molar refractivity (Wildman–Crippen MR) is 90.3 cm³/mol. The Morgan fingerprint density at radius 1 is 1.38 bits per heavy atom. The normalized spacial score (nSPS) is 21.0. The molecular formula is C18H23N3O3. The zero-order chi connectivity index (χ0) is 17.3. The third kappa shape index (κ3) is 3.01. The number of benzene rings is 1. The van der Waals surface area contributed by atoms with Gasteiger partial charge in [-0.3, -0.25) is 4.79 Å². The summed E-state index contributed by atoms with van der Waals surface area (Å²) in [5.74, 6) is -0.304. The largest absolute Gasteiger partial charge is 0.504 e. The van der Waals surface area contributed by atoms with Gasteiger partial charge in [0.05, 0.1) is 18.0 Å². The summed E-state index contributed by atoms with van der Waals surface area (Å²) in [5.41, 5.74) is 1.96. The van der Waals surface area contributed by atoms with Crippen LogP contribution < -0.4 is 0 Å². The average Bonchev–Trinajstić information content (AvgIpc) is 2.98. The van der Waals surface area contributed by atoms with E-state index < -0.39 is 6.10 Å². The molecule has 6 nitrogen and oxygen atoms in total. The minimum Gasteiger partial charge on any atom is -0.504 e. The number of rotatable bonds is 3. The van der Waals surface area contributed by atoms with Crippen LogP contribution in [0.5, 0.6) is 5.75 Å². The van der Waals surface area contributed by atoms with Crippen LogP contribution in [0.3, 0.4) is 0 Å². The van der Waals surface area contributed by atoms with Gasteiger partial charge in [0.25, 0.3) is 5.91 Å². The molecule has 1 aliphatic rings.